The Bertz CT molecular complexity index is 879. The monoisotopic (exact) mass is 410 g/mol. The molecule has 3 heterocycles. The Hall–Kier alpha value is -2.62. The number of aromatic nitrogens is 2. The second-order valence-corrected chi connectivity index (χ2v) is 7.99. The fourth-order valence-corrected chi connectivity index (χ4v) is 4.21. The molecule has 0 radical (unpaired) electrons. The molecule has 0 unspecified atom stereocenters. The fraction of sp³-hybridized carbons (Fsp3) is 0.526. The zero-order valence-electron chi connectivity index (χ0n) is 15.9. The van der Waals surface area contributed by atoms with Crippen LogP contribution >= 0.6 is 0 Å². The average molecular weight is 410 g/mol. The number of nitro groups is 1. The summed E-state index contributed by atoms with van der Waals surface area (Å²) in [6.07, 6.45) is -1.21. The molecule has 0 amide bonds. The van der Waals surface area contributed by atoms with Gasteiger partial charge in [-0.15, -0.1) is 0 Å². The summed E-state index contributed by atoms with van der Waals surface area (Å²) in [5.74, 6) is 0.0170. The minimum absolute atomic E-state index is 0.223. The first kappa shape index (κ1) is 19.7. The van der Waals surface area contributed by atoms with Gasteiger partial charge in [0.2, 0.25) is 0 Å². The smallest absolute Gasteiger partial charge is 0.416 e. The summed E-state index contributed by atoms with van der Waals surface area (Å²) in [6, 6.07) is 5.72. The minimum Gasteiger partial charge on any atom is -0.436 e. The fourth-order valence-electron chi connectivity index (χ4n) is 4.21. The van der Waals surface area contributed by atoms with Crippen LogP contribution in [0.4, 0.5) is 19.0 Å². The van der Waals surface area contributed by atoms with Crippen LogP contribution in [0, 0.1) is 10.1 Å². The summed E-state index contributed by atoms with van der Waals surface area (Å²) >= 11 is 0. The zero-order chi connectivity index (χ0) is 20.8. The number of rotatable bonds is 4. The van der Waals surface area contributed by atoms with E-state index in [1.54, 1.807) is 16.7 Å². The Labute approximate surface area is 165 Å². The maximum Gasteiger partial charge on any atom is 0.416 e. The Morgan fingerprint density at radius 2 is 1.93 bits per heavy atom. The highest BCUT2D eigenvalue weighted by Crippen LogP contribution is 2.35. The molecule has 0 saturated carbocycles. The van der Waals surface area contributed by atoms with Crippen molar-refractivity contribution in [3.8, 4) is 6.01 Å². The van der Waals surface area contributed by atoms with Crippen LogP contribution < -0.4 is 4.74 Å². The first-order chi connectivity index (χ1) is 13.6. The summed E-state index contributed by atoms with van der Waals surface area (Å²) in [5, 5.41) is 10.8. The number of benzene rings is 1. The molecule has 29 heavy (non-hydrogen) atoms. The zero-order valence-corrected chi connectivity index (χ0v) is 15.9. The third kappa shape index (κ3) is 4.07. The lowest BCUT2D eigenvalue weighted by Crippen LogP contribution is -2.47. The molecule has 1 aromatic heterocycles. The number of hydrogen-bond acceptors (Lipinski definition) is 5. The van der Waals surface area contributed by atoms with Crippen LogP contribution in [0.1, 0.15) is 36.8 Å². The highest BCUT2D eigenvalue weighted by Gasteiger charge is 2.42. The predicted molar refractivity (Wildman–Crippen MR) is 97.8 cm³/mol. The Kier molecular flexibility index (Phi) is 4.76. The van der Waals surface area contributed by atoms with Crippen LogP contribution in [0.15, 0.2) is 30.5 Å². The van der Waals surface area contributed by atoms with Gasteiger partial charge in [0.25, 0.3) is 0 Å². The van der Waals surface area contributed by atoms with Crippen LogP contribution in [0.25, 0.3) is 0 Å². The molecule has 0 spiro atoms. The standard InChI is InChI=1S/C19H21F3N4O3/c1-18(12-25-10-16(26(27)28)23-17(25)29-18)11-24-8-6-14(7-9-24)13-2-4-15(5-3-13)19(20,21)22/h2-5,10,14H,6-9,11-12H2,1H3/t18-/m0/s1. The van der Waals surface area contributed by atoms with Crippen LogP contribution in [0.3, 0.4) is 0 Å². The van der Waals surface area contributed by atoms with E-state index in [0.717, 1.165) is 43.6 Å². The molecule has 1 saturated heterocycles. The second-order valence-electron chi connectivity index (χ2n) is 7.99. The third-order valence-electron chi connectivity index (χ3n) is 5.61. The van der Waals surface area contributed by atoms with E-state index in [4.69, 9.17) is 4.74 Å². The maximum absolute atomic E-state index is 12.7. The van der Waals surface area contributed by atoms with Gasteiger partial charge in [-0.2, -0.15) is 13.2 Å². The lowest BCUT2D eigenvalue weighted by Gasteiger charge is -2.36. The van der Waals surface area contributed by atoms with E-state index in [1.807, 2.05) is 6.92 Å². The molecular weight excluding hydrogens is 389 g/mol. The molecule has 7 nitrogen and oxygen atoms in total. The van der Waals surface area contributed by atoms with Crippen molar-refractivity contribution in [1.29, 1.82) is 0 Å². The largest absolute Gasteiger partial charge is 0.436 e. The number of imidazole rings is 1. The van der Waals surface area contributed by atoms with Gasteiger partial charge in [0, 0.05) is 11.5 Å². The molecule has 10 heteroatoms. The first-order valence-corrected chi connectivity index (χ1v) is 9.43. The van der Waals surface area contributed by atoms with E-state index in [-0.39, 0.29) is 17.7 Å². The van der Waals surface area contributed by atoms with Gasteiger partial charge < -0.3 is 14.9 Å². The lowest BCUT2D eigenvalue weighted by molar-refractivity contribution is -0.389. The number of ether oxygens (including phenoxy) is 1. The average Bonchev–Trinajstić information content (AvgIpc) is 3.17. The van der Waals surface area contributed by atoms with Crippen molar-refractivity contribution < 1.29 is 22.8 Å². The van der Waals surface area contributed by atoms with Crippen molar-refractivity contribution >= 4 is 5.82 Å². The molecule has 2 aliphatic rings. The number of alkyl halides is 3. The molecule has 0 N–H and O–H groups in total. The Morgan fingerprint density at radius 1 is 1.28 bits per heavy atom. The summed E-state index contributed by atoms with van der Waals surface area (Å²) in [4.78, 5) is 16.4. The molecule has 1 fully saturated rings. The highest BCUT2D eigenvalue weighted by molar-refractivity contribution is 5.27. The Balaban J connectivity index is 1.32. The van der Waals surface area contributed by atoms with Gasteiger partial charge in [-0.1, -0.05) is 12.1 Å². The molecular formula is C19H21F3N4O3. The number of piperidine rings is 1. The van der Waals surface area contributed by atoms with Crippen LogP contribution in [0.5, 0.6) is 6.01 Å². The van der Waals surface area contributed by atoms with Gasteiger partial charge in [0.1, 0.15) is 11.8 Å². The van der Waals surface area contributed by atoms with Gasteiger partial charge in [0.15, 0.2) is 0 Å². The van der Waals surface area contributed by atoms with E-state index < -0.39 is 22.3 Å². The van der Waals surface area contributed by atoms with Gasteiger partial charge >= 0.3 is 18.0 Å². The minimum atomic E-state index is -4.31. The molecule has 0 bridgehead atoms. The van der Waals surface area contributed by atoms with Crippen molar-refractivity contribution in [2.75, 3.05) is 19.6 Å². The van der Waals surface area contributed by atoms with Gasteiger partial charge in [-0.25, -0.2) is 0 Å². The number of hydrogen-bond donors (Lipinski definition) is 0. The van der Waals surface area contributed by atoms with Gasteiger partial charge in [-0.05, 0) is 61.4 Å². The quantitative estimate of drug-likeness (QED) is 0.566. The molecule has 156 valence electrons. The number of nitrogens with zero attached hydrogens (tertiary/aromatic N) is 4. The molecule has 0 aliphatic carbocycles. The number of likely N-dealkylation sites (tertiary alicyclic amines) is 1. The maximum atomic E-state index is 12.7. The number of fused-ring (bicyclic) bond motifs is 1. The van der Waals surface area contributed by atoms with Crippen molar-refractivity contribution in [2.24, 2.45) is 0 Å². The lowest BCUT2D eigenvalue weighted by atomic mass is 9.88. The molecule has 2 aromatic rings. The van der Waals surface area contributed by atoms with Crippen molar-refractivity contribution in [3.63, 3.8) is 0 Å². The number of halogens is 3. The van der Waals surface area contributed by atoms with E-state index in [1.165, 1.54) is 6.20 Å². The van der Waals surface area contributed by atoms with Gasteiger partial charge in [-0.3, -0.25) is 9.47 Å². The molecule has 2 aliphatic heterocycles. The summed E-state index contributed by atoms with van der Waals surface area (Å²) < 4.78 is 45.7. The Morgan fingerprint density at radius 3 is 2.48 bits per heavy atom. The molecule has 4 rings (SSSR count). The third-order valence-corrected chi connectivity index (χ3v) is 5.61. The second kappa shape index (κ2) is 7.01. The molecule has 1 atom stereocenters. The van der Waals surface area contributed by atoms with Gasteiger partial charge in [0.05, 0.1) is 12.1 Å². The van der Waals surface area contributed by atoms with Crippen molar-refractivity contribution in [3.05, 3.63) is 51.7 Å². The van der Waals surface area contributed by atoms with Crippen molar-refractivity contribution in [1.82, 2.24) is 14.5 Å². The highest BCUT2D eigenvalue weighted by atomic mass is 19.4. The normalized spacial score (nSPS) is 23.0. The van der Waals surface area contributed by atoms with E-state index >= 15 is 0 Å². The van der Waals surface area contributed by atoms with Crippen LogP contribution in [-0.4, -0.2) is 44.6 Å². The molecule has 1 aromatic carbocycles. The van der Waals surface area contributed by atoms with E-state index in [9.17, 15) is 23.3 Å². The first-order valence-electron chi connectivity index (χ1n) is 9.43. The van der Waals surface area contributed by atoms with Crippen LogP contribution in [0.2, 0.25) is 0 Å². The summed E-state index contributed by atoms with van der Waals surface area (Å²) in [7, 11) is 0. The topological polar surface area (TPSA) is 73.4 Å². The SMILES string of the molecule is C[C@]1(CN2CCC(c3ccc(C(F)(F)F)cc3)CC2)Cn2cc([N+](=O)[O-])nc2O1. The predicted octanol–water partition coefficient (Wildman–Crippen LogP) is 3.84. The van der Waals surface area contributed by atoms with Crippen molar-refractivity contribution in [2.45, 2.75) is 44.0 Å². The summed E-state index contributed by atoms with van der Waals surface area (Å²) in [5.41, 5.74) is -0.199. The van der Waals surface area contributed by atoms with Crippen LogP contribution in [-0.2, 0) is 12.7 Å². The summed E-state index contributed by atoms with van der Waals surface area (Å²) in [6.45, 7) is 4.72. The van der Waals surface area contributed by atoms with E-state index in [0.29, 0.717) is 13.1 Å². The van der Waals surface area contributed by atoms with E-state index in [2.05, 4.69) is 9.88 Å².